The summed E-state index contributed by atoms with van der Waals surface area (Å²) < 4.78 is 32.1. The topological polar surface area (TPSA) is 83.7 Å². The fraction of sp³-hybridized carbons (Fsp3) is 0.286. The first-order valence-corrected chi connectivity index (χ1v) is 9.16. The third kappa shape index (κ3) is 3.31. The van der Waals surface area contributed by atoms with Crippen molar-refractivity contribution in [3.63, 3.8) is 0 Å². The number of amides is 1. The number of furan rings is 1. The van der Waals surface area contributed by atoms with E-state index in [2.05, 4.69) is 20.9 Å². The quantitative estimate of drug-likeness (QED) is 0.782. The summed E-state index contributed by atoms with van der Waals surface area (Å²) in [6, 6.07) is 6.34. The minimum absolute atomic E-state index is 0.162. The first-order valence-electron chi connectivity index (χ1n) is 6.93. The van der Waals surface area contributed by atoms with Gasteiger partial charge in [0, 0.05) is 38.6 Å². The van der Waals surface area contributed by atoms with Crippen molar-refractivity contribution >= 4 is 31.9 Å². The van der Waals surface area contributed by atoms with Crippen LogP contribution in [0.4, 0.5) is 0 Å². The smallest absolute Gasteiger partial charge is 0.289 e. The van der Waals surface area contributed by atoms with Crippen LogP contribution >= 0.6 is 15.9 Å². The zero-order valence-corrected chi connectivity index (χ0v) is 14.5. The number of hydrogen-bond acceptors (Lipinski definition) is 5. The van der Waals surface area contributed by atoms with Crippen LogP contribution in [0.25, 0.3) is 0 Å². The van der Waals surface area contributed by atoms with Gasteiger partial charge in [-0.3, -0.25) is 9.78 Å². The fourth-order valence-electron chi connectivity index (χ4n) is 2.37. The van der Waals surface area contributed by atoms with Crippen LogP contribution in [0.15, 0.2) is 50.6 Å². The van der Waals surface area contributed by atoms with Crippen LogP contribution < -0.4 is 0 Å². The maximum absolute atomic E-state index is 12.5. The van der Waals surface area contributed by atoms with E-state index in [0.717, 1.165) is 0 Å². The van der Waals surface area contributed by atoms with E-state index in [1.807, 2.05) is 0 Å². The molecule has 2 aromatic rings. The van der Waals surface area contributed by atoms with Crippen LogP contribution in [0, 0.1) is 0 Å². The minimum atomic E-state index is -3.57. The number of carbonyl (C=O) groups excluding carboxylic acids is 1. The molecule has 0 aliphatic carbocycles. The Bertz CT molecular complexity index is 798. The Hall–Kier alpha value is -1.71. The van der Waals surface area contributed by atoms with Gasteiger partial charge in [-0.05, 0) is 40.2 Å². The van der Waals surface area contributed by atoms with Gasteiger partial charge in [0.05, 0.1) is 0 Å². The van der Waals surface area contributed by atoms with Crippen molar-refractivity contribution < 1.29 is 17.6 Å². The molecule has 3 rings (SSSR count). The molecule has 9 heteroatoms. The first-order chi connectivity index (χ1) is 11.0. The van der Waals surface area contributed by atoms with E-state index in [9.17, 15) is 13.2 Å². The van der Waals surface area contributed by atoms with Gasteiger partial charge in [0.25, 0.3) is 5.91 Å². The highest BCUT2D eigenvalue weighted by Crippen LogP contribution is 2.19. The molecule has 1 saturated heterocycles. The molecule has 23 heavy (non-hydrogen) atoms. The molecule has 0 bridgehead atoms. The average Bonchev–Trinajstić information content (AvgIpc) is 3.01. The molecule has 122 valence electrons. The summed E-state index contributed by atoms with van der Waals surface area (Å²) in [6.07, 6.45) is 2.85. The van der Waals surface area contributed by atoms with Crippen molar-refractivity contribution in [3.8, 4) is 0 Å². The molecule has 3 heterocycles. The summed E-state index contributed by atoms with van der Waals surface area (Å²) in [4.78, 5) is 17.9. The van der Waals surface area contributed by atoms with Crippen LogP contribution in [0.1, 0.15) is 10.6 Å². The lowest BCUT2D eigenvalue weighted by molar-refractivity contribution is 0.0664. The number of carbonyl (C=O) groups is 1. The molecule has 7 nitrogen and oxygen atoms in total. The molecule has 0 aromatic carbocycles. The van der Waals surface area contributed by atoms with Crippen LogP contribution in [-0.4, -0.2) is 54.7 Å². The van der Waals surface area contributed by atoms with E-state index >= 15 is 0 Å². The lowest BCUT2D eigenvalue weighted by atomic mass is 10.3. The van der Waals surface area contributed by atoms with Gasteiger partial charge in [-0.2, -0.15) is 4.31 Å². The fourth-order valence-corrected chi connectivity index (χ4v) is 4.06. The van der Waals surface area contributed by atoms with Crippen LogP contribution in [-0.2, 0) is 10.0 Å². The largest absolute Gasteiger partial charge is 0.444 e. The normalized spacial score (nSPS) is 16.5. The van der Waals surface area contributed by atoms with Crippen molar-refractivity contribution in [2.75, 3.05) is 26.2 Å². The number of hydrogen-bond donors (Lipinski definition) is 0. The maximum Gasteiger partial charge on any atom is 0.289 e. The molecule has 1 amide bonds. The lowest BCUT2D eigenvalue weighted by Crippen LogP contribution is -2.50. The monoisotopic (exact) mass is 399 g/mol. The van der Waals surface area contributed by atoms with E-state index in [4.69, 9.17) is 4.42 Å². The molecule has 1 aliphatic heterocycles. The van der Waals surface area contributed by atoms with Crippen LogP contribution in [0.5, 0.6) is 0 Å². The molecular formula is C14H14BrN3O4S. The van der Waals surface area contributed by atoms with E-state index in [-0.39, 0.29) is 29.7 Å². The Balaban J connectivity index is 1.68. The number of nitrogens with zero attached hydrogens (tertiary/aromatic N) is 3. The molecule has 1 aliphatic rings. The van der Waals surface area contributed by atoms with Gasteiger partial charge in [-0.15, -0.1) is 0 Å². The van der Waals surface area contributed by atoms with Gasteiger partial charge in [-0.25, -0.2) is 8.42 Å². The van der Waals surface area contributed by atoms with Crippen molar-refractivity contribution in [1.82, 2.24) is 14.2 Å². The van der Waals surface area contributed by atoms with Gasteiger partial charge < -0.3 is 9.32 Å². The highest BCUT2D eigenvalue weighted by Gasteiger charge is 2.31. The number of rotatable bonds is 3. The second-order valence-corrected chi connectivity index (χ2v) is 7.71. The third-order valence-electron chi connectivity index (χ3n) is 3.58. The van der Waals surface area contributed by atoms with Crippen LogP contribution in [0.3, 0.4) is 0 Å². The summed E-state index contributed by atoms with van der Waals surface area (Å²) >= 11 is 3.16. The first kappa shape index (κ1) is 16.2. The van der Waals surface area contributed by atoms with E-state index in [1.165, 1.54) is 22.8 Å². The van der Waals surface area contributed by atoms with E-state index < -0.39 is 10.0 Å². The van der Waals surface area contributed by atoms with Gasteiger partial charge in [0.2, 0.25) is 10.0 Å². The summed E-state index contributed by atoms with van der Waals surface area (Å²) in [6.45, 7) is 1.11. The molecule has 0 radical (unpaired) electrons. The Labute approximate surface area is 142 Å². The Morgan fingerprint density at radius 2 is 1.91 bits per heavy atom. The summed E-state index contributed by atoms with van der Waals surface area (Å²) in [5.41, 5.74) is 0. The van der Waals surface area contributed by atoms with Gasteiger partial charge >= 0.3 is 0 Å². The summed E-state index contributed by atoms with van der Waals surface area (Å²) in [5, 5.41) is 0. The number of sulfonamides is 1. The van der Waals surface area contributed by atoms with Gasteiger partial charge in [0.1, 0.15) is 4.90 Å². The van der Waals surface area contributed by atoms with Gasteiger partial charge in [0.15, 0.2) is 10.4 Å². The minimum Gasteiger partial charge on any atom is -0.444 e. The molecule has 0 unspecified atom stereocenters. The van der Waals surface area contributed by atoms with E-state index in [0.29, 0.717) is 17.8 Å². The molecule has 2 aromatic heterocycles. The average molecular weight is 400 g/mol. The van der Waals surface area contributed by atoms with Gasteiger partial charge in [-0.1, -0.05) is 0 Å². The zero-order chi connectivity index (χ0) is 16.4. The molecule has 0 spiro atoms. The molecule has 0 atom stereocenters. The van der Waals surface area contributed by atoms with Crippen LogP contribution in [0.2, 0.25) is 0 Å². The lowest BCUT2D eigenvalue weighted by Gasteiger charge is -2.33. The van der Waals surface area contributed by atoms with Crippen molar-refractivity contribution in [2.24, 2.45) is 0 Å². The molecule has 0 N–H and O–H groups in total. The Morgan fingerprint density at radius 1 is 1.17 bits per heavy atom. The second-order valence-electron chi connectivity index (χ2n) is 4.99. The number of piperazine rings is 1. The van der Waals surface area contributed by atoms with Crippen molar-refractivity contribution in [1.29, 1.82) is 0 Å². The van der Waals surface area contributed by atoms with E-state index in [1.54, 1.807) is 23.1 Å². The van der Waals surface area contributed by atoms with Crippen molar-refractivity contribution in [3.05, 3.63) is 47.1 Å². The number of aromatic nitrogens is 1. The Kier molecular flexibility index (Phi) is 4.51. The number of pyridine rings is 1. The SMILES string of the molecule is O=C(c1ccc(Br)o1)N1CCN(S(=O)(=O)c2cccnc2)CC1. The molecule has 0 saturated carbocycles. The zero-order valence-electron chi connectivity index (χ0n) is 12.1. The molecular weight excluding hydrogens is 386 g/mol. The van der Waals surface area contributed by atoms with Crippen molar-refractivity contribution in [2.45, 2.75) is 4.90 Å². The number of halogens is 1. The predicted octanol–water partition coefficient (Wildman–Crippen LogP) is 1.58. The summed E-state index contributed by atoms with van der Waals surface area (Å²) in [7, 11) is -3.57. The standard InChI is InChI=1S/C14H14BrN3O4S/c15-13-4-3-12(22-13)14(19)17-6-8-18(9-7-17)23(20,21)11-2-1-5-16-10-11/h1-5,10H,6-9H2. The highest BCUT2D eigenvalue weighted by atomic mass is 79.9. The highest BCUT2D eigenvalue weighted by molar-refractivity contribution is 9.10. The predicted molar refractivity (Wildman–Crippen MR) is 85.3 cm³/mol. The third-order valence-corrected chi connectivity index (χ3v) is 5.89. The summed E-state index contributed by atoms with van der Waals surface area (Å²) in [5.74, 6) is -0.00503. The molecule has 1 fully saturated rings. The maximum atomic E-state index is 12.5. The Morgan fingerprint density at radius 3 is 2.48 bits per heavy atom. The second kappa shape index (κ2) is 6.42.